The summed E-state index contributed by atoms with van der Waals surface area (Å²) in [5, 5.41) is 9.08. The summed E-state index contributed by atoms with van der Waals surface area (Å²) in [5.41, 5.74) is 4.03. The number of thiophene rings is 1. The molecule has 2 heterocycles. The molecule has 0 aliphatic heterocycles. The Bertz CT molecular complexity index is 688. The van der Waals surface area contributed by atoms with Gasteiger partial charge in [-0.2, -0.15) is 11.3 Å². The molecule has 0 saturated heterocycles. The highest BCUT2D eigenvalue weighted by Crippen LogP contribution is 2.22. The third kappa shape index (κ3) is 3.35. The number of ether oxygens (including phenoxy) is 1. The number of para-hydroxylation sites is 1. The van der Waals surface area contributed by atoms with Crippen molar-refractivity contribution in [3.05, 3.63) is 58.4 Å². The van der Waals surface area contributed by atoms with Gasteiger partial charge in [-0.15, -0.1) is 0 Å². The van der Waals surface area contributed by atoms with Crippen LogP contribution < -0.4 is 5.32 Å². The lowest BCUT2D eigenvalue weighted by Crippen LogP contribution is -2.19. The minimum Gasteiger partial charge on any atom is -0.383 e. The number of fused-ring (bicyclic) bond motifs is 1. The fourth-order valence-corrected chi connectivity index (χ4v) is 3.25. The molecule has 4 heteroatoms. The maximum absolute atomic E-state index is 5.08. The molecule has 3 rings (SSSR count). The van der Waals surface area contributed by atoms with E-state index in [4.69, 9.17) is 4.74 Å². The number of rotatable bonds is 7. The average Bonchev–Trinajstić information content (AvgIpc) is 3.15. The predicted molar refractivity (Wildman–Crippen MR) is 88.9 cm³/mol. The second kappa shape index (κ2) is 6.89. The van der Waals surface area contributed by atoms with E-state index in [0.29, 0.717) is 0 Å². The molecular weight excluding hydrogens is 280 g/mol. The van der Waals surface area contributed by atoms with E-state index < -0.39 is 0 Å². The lowest BCUT2D eigenvalue weighted by atomic mass is 10.1. The predicted octanol–water partition coefficient (Wildman–Crippen LogP) is 3.49. The van der Waals surface area contributed by atoms with Crippen molar-refractivity contribution in [3.8, 4) is 0 Å². The van der Waals surface area contributed by atoms with Crippen LogP contribution >= 0.6 is 11.3 Å². The molecule has 0 aliphatic carbocycles. The van der Waals surface area contributed by atoms with Crippen LogP contribution in [0.4, 0.5) is 0 Å². The molecule has 0 radical (unpaired) electrons. The van der Waals surface area contributed by atoms with Gasteiger partial charge >= 0.3 is 0 Å². The summed E-state index contributed by atoms with van der Waals surface area (Å²) >= 11 is 1.75. The van der Waals surface area contributed by atoms with Gasteiger partial charge in [0.05, 0.1) is 12.1 Å². The Morgan fingerprint density at radius 1 is 1.24 bits per heavy atom. The summed E-state index contributed by atoms with van der Waals surface area (Å²) in [7, 11) is 1.73. The first-order chi connectivity index (χ1) is 10.4. The van der Waals surface area contributed by atoms with E-state index in [1.54, 1.807) is 18.4 Å². The molecule has 110 valence electrons. The van der Waals surface area contributed by atoms with Gasteiger partial charge in [-0.1, -0.05) is 18.2 Å². The van der Waals surface area contributed by atoms with Gasteiger partial charge in [0.15, 0.2) is 0 Å². The second-order valence-corrected chi connectivity index (χ2v) is 5.88. The summed E-state index contributed by atoms with van der Waals surface area (Å²) < 4.78 is 7.42. The van der Waals surface area contributed by atoms with Gasteiger partial charge in [0.25, 0.3) is 0 Å². The van der Waals surface area contributed by atoms with E-state index in [2.05, 4.69) is 57.2 Å². The lowest BCUT2D eigenvalue weighted by Gasteiger charge is -2.10. The topological polar surface area (TPSA) is 26.2 Å². The summed E-state index contributed by atoms with van der Waals surface area (Å²) in [4.78, 5) is 0. The van der Waals surface area contributed by atoms with Crippen molar-refractivity contribution < 1.29 is 4.74 Å². The van der Waals surface area contributed by atoms with Crippen LogP contribution in [0, 0.1) is 0 Å². The molecule has 0 bridgehead atoms. The molecule has 0 amide bonds. The van der Waals surface area contributed by atoms with Gasteiger partial charge in [0.2, 0.25) is 0 Å². The maximum atomic E-state index is 5.08. The lowest BCUT2D eigenvalue weighted by molar-refractivity contribution is 0.199. The zero-order chi connectivity index (χ0) is 14.5. The molecule has 21 heavy (non-hydrogen) atoms. The number of methoxy groups -OCH3 is 1. The summed E-state index contributed by atoms with van der Waals surface area (Å²) in [6.45, 7) is 3.42. The van der Waals surface area contributed by atoms with Gasteiger partial charge in [0, 0.05) is 32.9 Å². The number of hydrogen-bond donors (Lipinski definition) is 1. The maximum Gasteiger partial charge on any atom is 0.0587 e. The van der Waals surface area contributed by atoms with E-state index in [0.717, 1.165) is 26.2 Å². The van der Waals surface area contributed by atoms with Gasteiger partial charge in [-0.3, -0.25) is 0 Å². The molecule has 3 nitrogen and oxygen atoms in total. The van der Waals surface area contributed by atoms with Crippen molar-refractivity contribution in [2.75, 3.05) is 20.3 Å². The second-order valence-electron chi connectivity index (χ2n) is 5.10. The molecular formula is C17H20N2OS. The van der Waals surface area contributed by atoms with Crippen molar-refractivity contribution in [1.29, 1.82) is 0 Å². The summed E-state index contributed by atoms with van der Waals surface area (Å²) in [5.74, 6) is 0. The van der Waals surface area contributed by atoms with Gasteiger partial charge < -0.3 is 14.6 Å². The minimum atomic E-state index is 0.742. The first kappa shape index (κ1) is 14.3. The molecule has 0 spiro atoms. The van der Waals surface area contributed by atoms with E-state index in [1.807, 2.05) is 0 Å². The number of aromatic nitrogens is 1. The monoisotopic (exact) mass is 300 g/mol. The SMILES string of the molecule is COCCNCc1cccc2ccn(Cc3ccsc3)c12. The first-order valence-corrected chi connectivity index (χ1v) is 8.10. The van der Waals surface area contributed by atoms with Crippen molar-refractivity contribution >= 4 is 22.2 Å². The Balaban J connectivity index is 1.84. The van der Waals surface area contributed by atoms with Crippen LogP contribution in [0.2, 0.25) is 0 Å². The van der Waals surface area contributed by atoms with Crippen LogP contribution in [0.15, 0.2) is 47.3 Å². The van der Waals surface area contributed by atoms with Crippen LogP contribution in [0.25, 0.3) is 10.9 Å². The smallest absolute Gasteiger partial charge is 0.0587 e. The van der Waals surface area contributed by atoms with Crippen LogP contribution in [0.1, 0.15) is 11.1 Å². The van der Waals surface area contributed by atoms with Crippen molar-refractivity contribution in [1.82, 2.24) is 9.88 Å². The highest BCUT2D eigenvalue weighted by atomic mass is 32.1. The van der Waals surface area contributed by atoms with E-state index in [9.17, 15) is 0 Å². The Morgan fingerprint density at radius 2 is 2.19 bits per heavy atom. The standard InChI is InChI=1S/C17H20N2OS/c1-20-9-7-18-11-16-4-2-3-15-5-8-19(17(15)16)12-14-6-10-21-13-14/h2-6,8,10,13,18H,7,9,11-12H2,1H3. The molecule has 2 aromatic heterocycles. The molecule has 3 aromatic rings. The van der Waals surface area contributed by atoms with Crippen LogP contribution in [-0.4, -0.2) is 24.8 Å². The van der Waals surface area contributed by atoms with Crippen molar-refractivity contribution in [2.45, 2.75) is 13.1 Å². The van der Waals surface area contributed by atoms with Crippen LogP contribution in [-0.2, 0) is 17.8 Å². The average molecular weight is 300 g/mol. The fraction of sp³-hybridized carbons (Fsp3) is 0.294. The number of nitrogens with zero attached hydrogens (tertiary/aromatic N) is 1. The highest BCUT2D eigenvalue weighted by Gasteiger charge is 2.07. The first-order valence-electron chi connectivity index (χ1n) is 7.16. The van der Waals surface area contributed by atoms with Crippen LogP contribution in [0.3, 0.4) is 0 Å². The Kier molecular flexibility index (Phi) is 4.70. The molecule has 0 aliphatic rings. The normalized spacial score (nSPS) is 11.3. The Labute approximate surface area is 129 Å². The van der Waals surface area contributed by atoms with E-state index >= 15 is 0 Å². The molecule has 1 aromatic carbocycles. The summed E-state index contributed by atoms with van der Waals surface area (Å²) in [6.07, 6.45) is 2.18. The van der Waals surface area contributed by atoms with E-state index in [1.165, 1.54) is 22.0 Å². The largest absolute Gasteiger partial charge is 0.383 e. The quantitative estimate of drug-likeness (QED) is 0.676. The Hall–Kier alpha value is -1.62. The summed E-state index contributed by atoms with van der Waals surface area (Å²) in [6, 6.07) is 10.9. The van der Waals surface area contributed by atoms with Crippen LogP contribution in [0.5, 0.6) is 0 Å². The zero-order valence-corrected chi connectivity index (χ0v) is 13.0. The molecule has 0 atom stereocenters. The number of nitrogens with one attached hydrogen (secondary N) is 1. The van der Waals surface area contributed by atoms with Gasteiger partial charge in [-0.25, -0.2) is 0 Å². The Morgan fingerprint density at radius 3 is 3.00 bits per heavy atom. The molecule has 0 saturated carbocycles. The zero-order valence-electron chi connectivity index (χ0n) is 12.2. The van der Waals surface area contributed by atoms with Crippen molar-refractivity contribution in [3.63, 3.8) is 0 Å². The third-order valence-electron chi connectivity index (χ3n) is 3.60. The molecule has 0 unspecified atom stereocenters. The van der Waals surface area contributed by atoms with Crippen molar-refractivity contribution in [2.24, 2.45) is 0 Å². The fourth-order valence-electron chi connectivity index (χ4n) is 2.59. The van der Waals surface area contributed by atoms with Gasteiger partial charge in [0.1, 0.15) is 0 Å². The van der Waals surface area contributed by atoms with Gasteiger partial charge in [-0.05, 0) is 39.4 Å². The number of hydrogen-bond acceptors (Lipinski definition) is 3. The minimum absolute atomic E-state index is 0.742. The number of benzene rings is 1. The third-order valence-corrected chi connectivity index (χ3v) is 4.34. The molecule has 1 N–H and O–H groups in total. The van der Waals surface area contributed by atoms with E-state index in [-0.39, 0.29) is 0 Å². The highest BCUT2D eigenvalue weighted by molar-refractivity contribution is 7.07. The molecule has 0 fully saturated rings.